The molecule has 1 saturated heterocycles. The molecule has 0 unspecified atom stereocenters. The van der Waals surface area contributed by atoms with Gasteiger partial charge in [0.25, 0.3) is 5.91 Å². The topological polar surface area (TPSA) is 113 Å². The maximum atomic E-state index is 14.6. The summed E-state index contributed by atoms with van der Waals surface area (Å²) in [5.41, 5.74) is 1.34. The first-order valence-electron chi connectivity index (χ1n) is 10.8. The van der Waals surface area contributed by atoms with Gasteiger partial charge in [0.2, 0.25) is 0 Å². The highest BCUT2D eigenvalue weighted by atomic mass is 35.5. The smallest absolute Gasteiger partial charge is 0.275 e. The normalized spacial score (nSPS) is 12.7. The number of nitrogens with zero attached hydrogens (tertiary/aromatic N) is 7. The number of aromatic nitrogens is 5. The summed E-state index contributed by atoms with van der Waals surface area (Å²) in [6.45, 7) is 2.56. The average molecular weight is 489 g/mol. The first kappa shape index (κ1) is 22.4. The van der Waals surface area contributed by atoms with Gasteiger partial charge in [-0.25, -0.2) is 14.4 Å². The third-order valence-corrected chi connectivity index (χ3v) is 5.86. The minimum Gasteiger partial charge on any atom is -0.356 e. The number of anilines is 2. The van der Waals surface area contributed by atoms with E-state index in [1.165, 1.54) is 37.1 Å². The molecule has 0 spiro atoms. The van der Waals surface area contributed by atoms with Crippen LogP contribution in [-0.4, -0.2) is 43.7 Å². The number of carbonyl (C=O) groups is 1. The fraction of sp³-hybridized carbons (Fsp3) is 0.167. The summed E-state index contributed by atoms with van der Waals surface area (Å²) >= 11 is 5.87. The first-order valence-corrected chi connectivity index (χ1v) is 11.1. The molecular formula is C24H18ClFN8O. The van der Waals surface area contributed by atoms with Crippen molar-refractivity contribution in [1.29, 1.82) is 5.26 Å². The minimum absolute atomic E-state index is 0.0269. The Labute approximate surface area is 204 Å². The van der Waals surface area contributed by atoms with Crippen LogP contribution in [0.1, 0.15) is 28.0 Å². The van der Waals surface area contributed by atoms with Crippen LogP contribution in [0.3, 0.4) is 0 Å². The van der Waals surface area contributed by atoms with Crippen LogP contribution < -0.4 is 10.2 Å². The van der Waals surface area contributed by atoms with Crippen molar-refractivity contribution in [2.45, 2.75) is 13.0 Å². The van der Waals surface area contributed by atoms with E-state index < -0.39 is 11.7 Å². The number of nitrogens with one attached hydrogen (secondary N) is 1. The fourth-order valence-electron chi connectivity index (χ4n) is 3.63. The molecule has 0 aliphatic carbocycles. The van der Waals surface area contributed by atoms with Crippen molar-refractivity contribution in [2.24, 2.45) is 0 Å². The molecule has 4 heterocycles. The van der Waals surface area contributed by atoms with Gasteiger partial charge in [0.15, 0.2) is 5.82 Å². The second-order valence-corrected chi connectivity index (χ2v) is 8.34. The molecule has 0 saturated carbocycles. The Hall–Kier alpha value is -4.36. The lowest BCUT2D eigenvalue weighted by atomic mass is 10.0. The summed E-state index contributed by atoms with van der Waals surface area (Å²) < 4.78 is 16.3. The number of rotatable bonds is 6. The Morgan fingerprint density at radius 3 is 2.74 bits per heavy atom. The molecule has 3 aromatic heterocycles. The molecule has 1 amide bonds. The lowest BCUT2D eigenvalue weighted by Gasteiger charge is -2.31. The van der Waals surface area contributed by atoms with Gasteiger partial charge in [-0.15, -0.1) is 0 Å². The van der Waals surface area contributed by atoms with Gasteiger partial charge in [0, 0.05) is 25.5 Å². The quantitative estimate of drug-likeness (QED) is 0.437. The molecule has 11 heteroatoms. The molecule has 1 aliphatic rings. The summed E-state index contributed by atoms with van der Waals surface area (Å²) in [7, 11) is 0. The van der Waals surface area contributed by atoms with Crippen LogP contribution in [0.25, 0.3) is 11.3 Å². The standard InChI is InChI=1S/C24H18ClFN8O/c25-18-4-3-16(8-27)22(23(18)26)19-11-28-12-20(32-19)24(35)31-17-10-30-34(14-17)13-15-2-5-21(29-9-15)33-6-1-7-33/h2-5,9-12,14H,1,6-7,13H2,(H,31,35). The van der Waals surface area contributed by atoms with E-state index in [4.69, 9.17) is 11.6 Å². The maximum Gasteiger partial charge on any atom is 0.275 e. The number of hydrogen-bond donors (Lipinski definition) is 1. The van der Waals surface area contributed by atoms with Crippen LogP contribution in [0.2, 0.25) is 5.02 Å². The fourth-order valence-corrected chi connectivity index (χ4v) is 3.79. The molecule has 1 aliphatic heterocycles. The maximum absolute atomic E-state index is 14.6. The first-order chi connectivity index (χ1) is 17.0. The molecule has 1 aromatic carbocycles. The lowest BCUT2D eigenvalue weighted by Crippen LogP contribution is -2.37. The number of hydrogen-bond acceptors (Lipinski definition) is 7. The largest absolute Gasteiger partial charge is 0.356 e. The van der Waals surface area contributed by atoms with Gasteiger partial charge in [0.05, 0.1) is 58.7 Å². The molecule has 1 N–H and O–H groups in total. The minimum atomic E-state index is -0.800. The van der Waals surface area contributed by atoms with Crippen molar-refractivity contribution in [1.82, 2.24) is 24.7 Å². The van der Waals surface area contributed by atoms with Gasteiger partial charge in [-0.2, -0.15) is 10.4 Å². The van der Waals surface area contributed by atoms with E-state index in [1.807, 2.05) is 24.4 Å². The summed E-state index contributed by atoms with van der Waals surface area (Å²) in [5.74, 6) is -0.386. The van der Waals surface area contributed by atoms with Gasteiger partial charge in [-0.1, -0.05) is 17.7 Å². The molecule has 35 heavy (non-hydrogen) atoms. The number of pyridine rings is 1. The van der Waals surface area contributed by atoms with Crippen molar-refractivity contribution in [3.63, 3.8) is 0 Å². The number of nitriles is 1. The Bertz CT molecular complexity index is 1440. The lowest BCUT2D eigenvalue weighted by molar-refractivity contribution is 0.102. The van der Waals surface area contributed by atoms with E-state index in [1.54, 1.807) is 10.9 Å². The van der Waals surface area contributed by atoms with Crippen molar-refractivity contribution in [3.05, 3.63) is 82.9 Å². The predicted octanol–water partition coefficient (Wildman–Crippen LogP) is 3.91. The monoisotopic (exact) mass is 488 g/mol. The highest BCUT2D eigenvalue weighted by Gasteiger charge is 2.19. The predicted molar refractivity (Wildman–Crippen MR) is 128 cm³/mol. The SMILES string of the molecule is N#Cc1ccc(Cl)c(F)c1-c1cncc(C(=O)Nc2cnn(Cc3ccc(N4CCC4)nc3)c2)n1. The zero-order valence-electron chi connectivity index (χ0n) is 18.3. The second-order valence-electron chi connectivity index (χ2n) is 7.93. The van der Waals surface area contributed by atoms with Gasteiger partial charge >= 0.3 is 0 Å². The zero-order valence-corrected chi connectivity index (χ0v) is 19.1. The number of benzene rings is 1. The highest BCUT2D eigenvalue weighted by molar-refractivity contribution is 6.31. The number of amides is 1. The van der Waals surface area contributed by atoms with E-state index in [0.717, 1.165) is 24.5 Å². The molecule has 0 atom stereocenters. The van der Waals surface area contributed by atoms with Crippen LogP contribution >= 0.6 is 11.6 Å². The van der Waals surface area contributed by atoms with Crippen molar-refractivity contribution >= 4 is 29.0 Å². The Balaban J connectivity index is 1.29. The molecule has 4 aromatic rings. The Morgan fingerprint density at radius 1 is 1.17 bits per heavy atom. The molecule has 1 fully saturated rings. The number of halogens is 2. The van der Waals surface area contributed by atoms with Gasteiger partial charge in [-0.05, 0) is 30.2 Å². The molecule has 5 rings (SSSR count). The van der Waals surface area contributed by atoms with Gasteiger partial charge in [-0.3, -0.25) is 14.5 Å². The zero-order chi connectivity index (χ0) is 24.4. The van der Waals surface area contributed by atoms with E-state index in [0.29, 0.717) is 12.2 Å². The summed E-state index contributed by atoms with van der Waals surface area (Å²) in [4.78, 5) is 27.6. The molecule has 0 bridgehead atoms. The van der Waals surface area contributed by atoms with Crippen molar-refractivity contribution < 1.29 is 9.18 Å². The summed E-state index contributed by atoms with van der Waals surface area (Å²) in [6.07, 6.45) is 8.73. The Morgan fingerprint density at radius 2 is 2.03 bits per heavy atom. The summed E-state index contributed by atoms with van der Waals surface area (Å²) in [6, 6.07) is 8.58. The van der Waals surface area contributed by atoms with Crippen LogP contribution in [0.4, 0.5) is 15.9 Å². The Kier molecular flexibility index (Phi) is 6.08. The number of carbonyl (C=O) groups excluding carboxylic acids is 1. The molecule has 174 valence electrons. The van der Waals surface area contributed by atoms with Crippen LogP contribution in [0.5, 0.6) is 0 Å². The third kappa shape index (κ3) is 4.67. The van der Waals surface area contributed by atoms with Gasteiger partial charge < -0.3 is 10.2 Å². The van der Waals surface area contributed by atoms with Crippen molar-refractivity contribution in [3.8, 4) is 17.3 Å². The van der Waals surface area contributed by atoms with Crippen LogP contribution in [-0.2, 0) is 6.54 Å². The molecular weight excluding hydrogens is 471 g/mol. The summed E-state index contributed by atoms with van der Waals surface area (Å²) in [5, 5.41) is 16.2. The van der Waals surface area contributed by atoms with Crippen molar-refractivity contribution in [2.75, 3.05) is 23.3 Å². The second kappa shape index (κ2) is 9.48. The van der Waals surface area contributed by atoms with Crippen LogP contribution in [0, 0.1) is 17.1 Å². The van der Waals surface area contributed by atoms with E-state index in [2.05, 4.69) is 30.3 Å². The van der Waals surface area contributed by atoms with Crippen LogP contribution in [0.15, 0.2) is 55.2 Å². The van der Waals surface area contributed by atoms with E-state index in [-0.39, 0.29) is 27.5 Å². The third-order valence-electron chi connectivity index (χ3n) is 5.56. The van der Waals surface area contributed by atoms with E-state index >= 15 is 0 Å². The van der Waals surface area contributed by atoms with E-state index in [9.17, 15) is 14.4 Å². The molecule has 0 radical (unpaired) electrons. The van der Waals surface area contributed by atoms with Gasteiger partial charge in [0.1, 0.15) is 11.5 Å². The highest BCUT2D eigenvalue weighted by Crippen LogP contribution is 2.29. The molecule has 9 nitrogen and oxygen atoms in total. The average Bonchev–Trinajstić information content (AvgIpc) is 3.27.